The van der Waals surface area contributed by atoms with Crippen LogP contribution in [0.1, 0.15) is 16.1 Å². The number of nitrogens with zero attached hydrogens (tertiary/aromatic N) is 1. The molecule has 0 spiro atoms. The molecule has 1 amide bonds. The number of hydrogen-bond donors (Lipinski definition) is 1. The molecule has 1 N–H and O–H groups in total. The molecule has 1 fully saturated rings. The number of nitrogens with one attached hydrogen (secondary N) is 1. The quantitative estimate of drug-likeness (QED) is 0.863. The number of carbonyl (C=O) groups is 1. The van der Waals surface area contributed by atoms with Crippen molar-refractivity contribution >= 4 is 17.2 Å². The predicted molar refractivity (Wildman–Crippen MR) is 64.2 cm³/mol. The van der Waals surface area contributed by atoms with Crippen molar-refractivity contribution in [3.63, 3.8) is 0 Å². The van der Waals surface area contributed by atoms with Crippen LogP contribution in [0.25, 0.3) is 0 Å². The third-order valence-corrected chi connectivity index (χ3v) is 3.80. The molecular formula is C11H16N2O2S. The highest BCUT2D eigenvalue weighted by Gasteiger charge is 2.26. The van der Waals surface area contributed by atoms with E-state index >= 15 is 0 Å². The van der Waals surface area contributed by atoms with E-state index in [1.165, 1.54) is 11.3 Å². The summed E-state index contributed by atoms with van der Waals surface area (Å²) in [5.74, 6) is 0.878. The summed E-state index contributed by atoms with van der Waals surface area (Å²) < 4.78 is 5.08. The molecule has 1 aromatic heterocycles. The monoisotopic (exact) mass is 240 g/mol. The molecule has 1 atom stereocenters. The third kappa shape index (κ3) is 2.20. The number of methoxy groups -OCH3 is 1. The molecule has 88 valence electrons. The first kappa shape index (κ1) is 11.4. The Morgan fingerprint density at radius 3 is 3.06 bits per heavy atom. The normalized spacial score (nSPS) is 20.1. The zero-order valence-corrected chi connectivity index (χ0v) is 10.3. The van der Waals surface area contributed by atoms with Crippen molar-refractivity contribution in [2.45, 2.75) is 12.5 Å². The van der Waals surface area contributed by atoms with E-state index in [9.17, 15) is 4.79 Å². The highest BCUT2D eigenvalue weighted by Crippen LogP contribution is 2.23. The van der Waals surface area contributed by atoms with Crippen LogP contribution in [0.2, 0.25) is 0 Å². The number of ether oxygens (including phenoxy) is 1. The molecule has 0 aromatic carbocycles. The number of amides is 1. The van der Waals surface area contributed by atoms with Gasteiger partial charge >= 0.3 is 0 Å². The van der Waals surface area contributed by atoms with E-state index in [0.29, 0.717) is 6.04 Å². The Hall–Kier alpha value is -1.07. The Morgan fingerprint density at radius 2 is 2.50 bits per heavy atom. The molecule has 4 nitrogen and oxygen atoms in total. The summed E-state index contributed by atoms with van der Waals surface area (Å²) >= 11 is 1.44. The fourth-order valence-electron chi connectivity index (χ4n) is 1.87. The Morgan fingerprint density at radius 1 is 1.69 bits per heavy atom. The summed E-state index contributed by atoms with van der Waals surface area (Å²) in [5.41, 5.74) is 0. The minimum atomic E-state index is 0.117. The van der Waals surface area contributed by atoms with Gasteiger partial charge in [0.05, 0.1) is 12.0 Å². The van der Waals surface area contributed by atoms with Crippen LogP contribution in [0.4, 0.5) is 0 Å². The van der Waals surface area contributed by atoms with E-state index in [0.717, 1.165) is 30.1 Å². The number of likely N-dealkylation sites (tertiary alicyclic amines) is 1. The first-order valence-electron chi connectivity index (χ1n) is 5.33. The number of rotatable bonds is 3. The molecule has 1 saturated heterocycles. The van der Waals surface area contributed by atoms with E-state index in [4.69, 9.17) is 4.74 Å². The molecular weight excluding hydrogens is 224 g/mol. The smallest absolute Gasteiger partial charge is 0.264 e. The van der Waals surface area contributed by atoms with Crippen LogP contribution in [0, 0.1) is 0 Å². The van der Waals surface area contributed by atoms with Gasteiger partial charge in [-0.15, -0.1) is 11.3 Å². The van der Waals surface area contributed by atoms with Crippen LogP contribution in [0.3, 0.4) is 0 Å². The number of hydrogen-bond acceptors (Lipinski definition) is 4. The van der Waals surface area contributed by atoms with Crippen LogP contribution in [-0.2, 0) is 0 Å². The molecule has 5 heteroatoms. The van der Waals surface area contributed by atoms with Gasteiger partial charge in [0.25, 0.3) is 5.91 Å². The summed E-state index contributed by atoms with van der Waals surface area (Å²) in [6, 6.07) is 2.24. The maximum atomic E-state index is 12.1. The second-order valence-electron chi connectivity index (χ2n) is 3.88. The molecule has 1 aromatic rings. The largest absolute Gasteiger partial charge is 0.496 e. The lowest BCUT2D eigenvalue weighted by molar-refractivity contribution is 0.0794. The summed E-state index contributed by atoms with van der Waals surface area (Å²) in [6.07, 6.45) is 1.03. The lowest BCUT2D eigenvalue weighted by Crippen LogP contribution is -2.33. The molecule has 1 aliphatic rings. The van der Waals surface area contributed by atoms with Crippen LogP contribution < -0.4 is 10.1 Å². The summed E-state index contributed by atoms with van der Waals surface area (Å²) in [7, 11) is 3.55. The topological polar surface area (TPSA) is 41.6 Å². The maximum Gasteiger partial charge on any atom is 0.264 e. The Balaban J connectivity index is 2.02. The Kier molecular flexibility index (Phi) is 3.46. The number of carbonyl (C=O) groups excluding carboxylic acids is 1. The molecule has 0 saturated carbocycles. The van der Waals surface area contributed by atoms with Gasteiger partial charge in [0.2, 0.25) is 0 Å². The van der Waals surface area contributed by atoms with Crippen molar-refractivity contribution in [1.82, 2.24) is 10.2 Å². The van der Waals surface area contributed by atoms with Crippen molar-refractivity contribution in [3.8, 4) is 5.75 Å². The van der Waals surface area contributed by atoms with Gasteiger partial charge in [0.15, 0.2) is 0 Å². The summed E-state index contributed by atoms with van der Waals surface area (Å²) in [4.78, 5) is 14.7. The predicted octanol–water partition coefficient (Wildman–Crippen LogP) is 1.19. The van der Waals surface area contributed by atoms with Gasteiger partial charge < -0.3 is 15.0 Å². The fourth-order valence-corrected chi connectivity index (χ4v) is 2.70. The fraction of sp³-hybridized carbons (Fsp3) is 0.545. The maximum absolute atomic E-state index is 12.1. The first-order chi connectivity index (χ1) is 7.74. The molecule has 1 aliphatic heterocycles. The Labute approximate surface area is 99.2 Å². The minimum absolute atomic E-state index is 0.117. The zero-order valence-electron chi connectivity index (χ0n) is 9.53. The average Bonchev–Trinajstić information content (AvgIpc) is 2.97. The van der Waals surface area contributed by atoms with Crippen LogP contribution in [-0.4, -0.2) is 44.1 Å². The second kappa shape index (κ2) is 4.84. The first-order valence-corrected chi connectivity index (χ1v) is 6.21. The number of thiophene rings is 1. The Bertz CT molecular complexity index is 378. The summed E-state index contributed by atoms with van der Waals surface area (Å²) in [5, 5.41) is 5.06. The van der Waals surface area contributed by atoms with E-state index in [-0.39, 0.29) is 5.91 Å². The standard InChI is InChI=1S/C11H16N2O2S/c1-12-8-3-4-13(6-8)11(14)10-5-9(15-2)7-16-10/h5,7-8,12H,3-4,6H2,1-2H3. The van der Waals surface area contributed by atoms with Crippen LogP contribution >= 0.6 is 11.3 Å². The average molecular weight is 240 g/mol. The van der Waals surface area contributed by atoms with E-state index in [2.05, 4.69) is 5.32 Å². The van der Waals surface area contributed by atoms with Gasteiger partial charge in [-0.05, 0) is 13.5 Å². The minimum Gasteiger partial charge on any atom is -0.496 e. The van der Waals surface area contributed by atoms with Crippen molar-refractivity contribution in [2.24, 2.45) is 0 Å². The molecule has 0 radical (unpaired) electrons. The molecule has 1 unspecified atom stereocenters. The van der Waals surface area contributed by atoms with Gasteiger partial charge in [-0.25, -0.2) is 0 Å². The zero-order chi connectivity index (χ0) is 11.5. The number of likely N-dealkylation sites (N-methyl/N-ethyl adjacent to an activating group) is 1. The van der Waals surface area contributed by atoms with E-state index in [1.807, 2.05) is 17.3 Å². The molecule has 2 heterocycles. The highest BCUT2D eigenvalue weighted by molar-refractivity contribution is 7.12. The lowest BCUT2D eigenvalue weighted by atomic mass is 10.3. The van der Waals surface area contributed by atoms with E-state index < -0.39 is 0 Å². The molecule has 0 bridgehead atoms. The molecule has 0 aliphatic carbocycles. The van der Waals surface area contributed by atoms with Gasteiger partial charge in [-0.1, -0.05) is 0 Å². The van der Waals surface area contributed by atoms with Gasteiger partial charge in [0, 0.05) is 30.6 Å². The van der Waals surface area contributed by atoms with Crippen LogP contribution in [0.15, 0.2) is 11.4 Å². The third-order valence-electron chi connectivity index (χ3n) is 2.91. The van der Waals surface area contributed by atoms with Crippen molar-refractivity contribution in [3.05, 3.63) is 16.3 Å². The molecule has 16 heavy (non-hydrogen) atoms. The molecule has 2 rings (SSSR count). The van der Waals surface area contributed by atoms with Gasteiger partial charge in [-0.2, -0.15) is 0 Å². The van der Waals surface area contributed by atoms with Gasteiger partial charge in [0.1, 0.15) is 5.75 Å². The SMILES string of the molecule is CNC1CCN(C(=O)c2cc(OC)cs2)C1. The van der Waals surface area contributed by atoms with Crippen molar-refractivity contribution < 1.29 is 9.53 Å². The van der Waals surface area contributed by atoms with Gasteiger partial charge in [-0.3, -0.25) is 4.79 Å². The highest BCUT2D eigenvalue weighted by atomic mass is 32.1. The van der Waals surface area contributed by atoms with Crippen molar-refractivity contribution in [1.29, 1.82) is 0 Å². The van der Waals surface area contributed by atoms with Crippen molar-refractivity contribution in [2.75, 3.05) is 27.2 Å². The summed E-state index contributed by atoms with van der Waals surface area (Å²) in [6.45, 7) is 1.64. The van der Waals surface area contributed by atoms with E-state index in [1.54, 1.807) is 13.2 Å². The second-order valence-corrected chi connectivity index (χ2v) is 4.79. The van der Waals surface area contributed by atoms with Crippen LogP contribution in [0.5, 0.6) is 5.75 Å². The lowest BCUT2D eigenvalue weighted by Gasteiger charge is -2.14.